The van der Waals surface area contributed by atoms with E-state index in [1.54, 1.807) is 35.2 Å². The van der Waals surface area contributed by atoms with Crippen LogP contribution in [0.5, 0.6) is 0 Å². The molecule has 2 aliphatic rings. The van der Waals surface area contributed by atoms with Gasteiger partial charge in [0.1, 0.15) is 6.04 Å². The number of guanidine groups is 1. The Morgan fingerprint density at radius 1 is 1.24 bits per heavy atom. The highest BCUT2D eigenvalue weighted by atomic mass is 16.2. The predicted molar refractivity (Wildman–Crippen MR) is 74.5 cm³/mol. The fraction of sp³-hybridized carbons (Fsp3) is 0.286. The van der Waals surface area contributed by atoms with E-state index in [0.29, 0.717) is 18.7 Å². The number of hydrogen-bond donors (Lipinski definition) is 2. The third-order valence-corrected chi connectivity index (χ3v) is 3.46. The molecule has 0 radical (unpaired) electrons. The zero-order valence-corrected chi connectivity index (χ0v) is 11.2. The summed E-state index contributed by atoms with van der Waals surface area (Å²) < 4.78 is 0. The highest BCUT2D eigenvalue weighted by Crippen LogP contribution is 2.14. The quantitative estimate of drug-likeness (QED) is 0.728. The number of hydrogen-bond acceptors (Lipinski definition) is 3. The van der Waals surface area contributed by atoms with Crippen LogP contribution in [0.3, 0.4) is 0 Å². The molecule has 3 amide bonds. The summed E-state index contributed by atoms with van der Waals surface area (Å²) in [6, 6.07) is 8.00. The third kappa shape index (κ3) is 2.62. The van der Waals surface area contributed by atoms with Crippen LogP contribution in [0.4, 0.5) is 0 Å². The standard InChI is InChI=1S/C14H14N4O3/c19-11-8-10-13(21)15-6-7-18(10)14(16-11)17-12(20)9-4-2-1-3-5-9/h1-5,10H,6-8H2,(H,15,21)(H,16,17,19,20)/t10-/m0/s1. The number of nitrogens with zero attached hydrogens (tertiary/aromatic N) is 2. The van der Waals surface area contributed by atoms with E-state index in [9.17, 15) is 14.4 Å². The van der Waals surface area contributed by atoms with Gasteiger partial charge in [-0.25, -0.2) is 0 Å². The molecule has 0 spiro atoms. The van der Waals surface area contributed by atoms with Gasteiger partial charge in [-0.1, -0.05) is 18.2 Å². The Hall–Kier alpha value is -2.70. The highest BCUT2D eigenvalue weighted by Gasteiger charge is 2.38. The van der Waals surface area contributed by atoms with Crippen molar-refractivity contribution in [3.63, 3.8) is 0 Å². The number of carbonyl (C=O) groups excluding carboxylic acids is 3. The molecule has 0 aromatic heterocycles. The van der Waals surface area contributed by atoms with Crippen molar-refractivity contribution in [3.05, 3.63) is 35.9 Å². The monoisotopic (exact) mass is 286 g/mol. The molecule has 2 N–H and O–H groups in total. The third-order valence-electron chi connectivity index (χ3n) is 3.46. The van der Waals surface area contributed by atoms with E-state index in [4.69, 9.17) is 0 Å². The number of carbonyl (C=O) groups is 3. The van der Waals surface area contributed by atoms with Gasteiger partial charge in [0, 0.05) is 18.7 Å². The Kier molecular flexibility index (Phi) is 3.39. The number of amides is 3. The van der Waals surface area contributed by atoms with Crippen molar-refractivity contribution in [2.24, 2.45) is 4.99 Å². The van der Waals surface area contributed by atoms with Gasteiger partial charge in [0.2, 0.25) is 17.8 Å². The van der Waals surface area contributed by atoms with E-state index in [1.807, 2.05) is 0 Å². The summed E-state index contributed by atoms with van der Waals surface area (Å²) in [5.41, 5.74) is 0.433. The maximum atomic E-state index is 12.1. The second-order valence-corrected chi connectivity index (χ2v) is 4.86. The molecule has 0 bridgehead atoms. The molecule has 1 aromatic carbocycles. The summed E-state index contributed by atoms with van der Waals surface area (Å²) in [6.45, 7) is 0.974. The van der Waals surface area contributed by atoms with E-state index in [1.165, 1.54) is 0 Å². The van der Waals surface area contributed by atoms with Crippen LogP contribution in [-0.4, -0.2) is 47.7 Å². The fourth-order valence-corrected chi connectivity index (χ4v) is 2.43. The Morgan fingerprint density at radius 3 is 2.76 bits per heavy atom. The minimum absolute atomic E-state index is 0.0738. The van der Waals surface area contributed by atoms with Gasteiger partial charge < -0.3 is 10.2 Å². The fourth-order valence-electron chi connectivity index (χ4n) is 2.43. The van der Waals surface area contributed by atoms with E-state index in [2.05, 4.69) is 15.6 Å². The number of rotatable bonds is 1. The van der Waals surface area contributed by atoms with Crippen LogP contribution in [0.25, 0.3) is 0 Å². The molecule has 2 heterocycles. The average molecular weight is 286 g/mol. The van der Waals surface area contributed by atoms with E-state index in [0.717, 1.165) is 0 Å². The van der Waals surface area contributed by atoms with Gasteiger partial charge in [-0.05, 0) is 12.1 Å². The summed E-state index contributed by atoms with van der Waals surface area (Å²) in [7, 11) is 0. The first kappa shape index (κ1) is 13.3. The van der Waals surface area contributed by atoms with Gasteiger partial charge in [0.25, 0.3) is 5.91 Å². The number of fused-ring (bicyclic) bond motifs is 1. The van der Waals surface area contributed by atoms with Gasteiger partial charge in [-0.3, -0.25) is 19.7 Å². The summed E-state index contributed by atoms with van der Waals surface area (Å²) in [6.07, 6.45) is 0.0738. The van der Waals surface area contributed by atoms with Crippen molar-refractivity contribution in [2.45, 2.75) is 12.5 Å². The molecule has 0 saturated carbocycles. The van der Waals surface area contributed by atoms with Crippen LogP contribution in [0.2, 0.25) is 0 Å². The Labute approximate surface area is 121 Å². The molecule has 3 rings (SSSR count). The molecule has 108 valence electrons. The zero-order valence-electron chi connectivity index (χ0n) is 11.2. The number of piperazine rings is 1. The molecule has 7 heteroatoms. The van der Waals surface area contributed by atoms with Crippen molar-refractivity contribution in [3.8, 4) is 0 Å². The van der Waals surface area contributed by atoms with Crippen molar-refractivity contribution in [1.82, 2.24) is 15.5 Å². The largest absolute Gasteiger partial charge is 0.353 e. The minimum Gasteiger partial charge on any atom is -0.353 e. The second kappa shape index (κ2) is 5.35. The van der Waals surface area contributed by atoms with Gasteiger partial charge in [0.15, 0.2) is 0 Å². The van der Waals surface area contributed by atoms with Crippen LogP contribution in [-0.2, 0) is 9.59 Å². The Balaban J connectivity index is 1.88. The first-order valence-electron chi connectivity index (χ1n) is 6.67. The van der Waals surface area contributed by atoms with Crippen LogP contribution in [0.15, 0.2) is 35.3 Å². The van der Waals surface area contributed by atoms with E-state index < -0.39 is 11.9 Å². The van der Waals surface area contributed by atoms with E-state index >= 15 is 0 Å². The van der Waals surface area contributed by atoms with Crippen molar-refractivity contribution >= 4 is 23.7 Å². The minimum atomic E-state index is -0.588. The molecule has 7 nitrogen and oxygen atoms in total. The molecule has 2 saturated heterocycles. The van der Waals surface area contributed by atoms with Crippen LogP contribution < -0.4 is 10.6 Å². The number of nitrogens with one attached hydrogen (secondary N) is 2. The lowest BCUT2D eigenvalue weighted by atomic mass is 10.1. The number of aliphatic imine (C=N–C) groups is 1. The first-order valence-corrected chi connectivity index (χ1v) is 6.67. The molecule has 1 aromatic rings. The molecule has 0 aliphatic carbocycles. The Morgan fingerprint density at radius 2 is 2.00 bits per heavy atom. The van der Waals surface area contributed by atoms with E-state index in [-0.39, 0.29) is 24.2 Å². The van der Waals surface area contributed by atoms with Crippen LogP contribution >= 0.6 is 0 Å². The number of benzene rings is 1. The van der Waals surface area contributed by atoms with Gasteiger partial charge in [0.05, 0.1) is 6.42 Å². The molecule has 2 fully saturated rings. The smallest absolute Gasteiger partial charge is 0.280 e. The average Bonchev–Trinajstić information content (AvgIpc) is 2.49. The molecular weight excluding hydrogens is 272 g/mol. The second-order valence-electron chi connectivity index (χ2n) is 4.86. The summed E-state index contributed by atoms with van der Waals surface area (Å²) in [5, 5.41) is 5.28. The maximum absolute atomic E-state index is 12.1. The van der Waals surface area contributed by atoms with Crippen molar-refractivity contribution in [1.29, 1.82) is 0 Å². The topological polar surface area (TPSA) is 90.9 Å². The lowest BCUT2D eigenvalue weighted by Crippen LogP contribution is -2.65. The van der Waals surface area contributed by atoms with Gasteiger partial charge in [-0.15, -0.1) is 0 Å². The first-order chi connectivity index (χ1) is 10.1. The SMILES string of the molecule is O=C1C[C@H]2C(=O)NCCN2C(=NC(=O)c2ccccc2)N1. The Bertz CT molecular complexity index is 626. The molecular formula is C14H14N4O3. The van der Waals surface area contributed by atoms with Gasteiger partial charge in [-0.2, -0.15) is 4.99 Å². The molecule has 0 unspecified atom stereocenters. The van der Waals surface area contributed by atoms with Crippen molar-refractivity contribution in [2.75, 3.05) is 13.1 Å². The lowest BCUT2D eigenvalue weighted by Gasteiger charge is -2.39. The predicted octanol–water partition coefficient (Wildman–Crippen LogP) is -0.497. The van der Waals surface area contributed by atoms with Crippen molar-refractivity contribution < 1.29 is 14.4 Å². The summed E-state index contributed by atoms with van der Waals surface area (Å²) in [5.74, 6) is -0.818. The van der Waals surface area contributed by atoms with Crippen LogP contribution in [0, 0.1) is 0 Å². The summed E-state index contributed by atoms with van der Waals surface area (Å²) in [4.78, 5) is 41.2. The maximum Gasteiger partial charge on any atom is 0.280 e. The normalized spacial score (nSPS) is 23.3. The highest BCUT2D eigenvalue weighted by molar-refractivity contribution is 6.10. The molecule has 1 atom stereocenters. The lowest BCUT2D eigenvalue weighted by molar-refractivity contribution is -0.133. The van der Waals surface area contributed by atoms with Gasteiger partial charge >= 0.3 is 0 Å². The summed E-state index contributed by atoms with van der Waals surface area (Å²) >= 11 is 0. The van der Waals surface area contributed by atoms with Crippen LogP contribution in [0.1, 0.15) is 16.8 Å². The zero-order chi connectivity index (χ0) is 14.8. The molecule has 21 heavy (non-hydrogen) atoms. The molecule has 2 aliphatic heterocycles.